The van der Waals surface area contributed by atoms with Crippen molar-refractivity contribution < 1.29 is 9.53 Å². The molecule has 1 aliphatic rings. The number of nitrogens with zero attached hydrogens (tertiary/aromatic N) is 2. The zero-order chi connectivity index (χ0) is 17.8. The summed E-state index contributed by atoms with van der Waals surface area (Å²) in [4.78, 5) is 24.1. The van der Waals surface area contributed by atoms with Crippen molar-refractivity contribution in [1.29, 1.82) is 0 Å². The standard InChI is InChI=1S/C19H23N3O3/c1-13-5-6-16(14(2)10-13)17-7-8-19(24)22(21-17)12-18(23)20-11-15-4-3-9-25-15/h5-8,10,15H,3-4,9,11-12H2,1-2H3,(H,20,23)/t15-/m1/s1. The Balaban J connectivity index is 1.72. The van der Waals surface area contributed by atoms with E-state index in [-0.39, 0.29) is 24.1 Å². The first-order valence-electron chi connectivity index (χ1n) is 8.57. The Morgan fingerprint density at radius 3 is 2.88 bits per heavy atom. The molecule has 1 aromatic heterocycles. The fourth-order valence-electron chi connectivity index (χ4n) is 3.03. The topological polar surface area (TPSA) is 73.2 Å². The molecule has 0 bridgehead atoms. The molecule has 3 rings (SSSR count). The van der Waals surface area contributed by atoms with E-state index in [1.807, 2.05) is 26.0 Å². The molecule has 6 heteroatoms. The quantitative estimate of drug-likeness (QED) is 0.900. The van der Waals surface area contributed by atoms with Crippen LogP contribution >= 0.6 is 0 Å². The van der Waals surface area contributed by atoms with Gasteiger partial charge < -0.3 is 10.1 Å². The van der Waals surface area contributed by atoms with Gasteiger partial charge >= 0.3 is 0 Å². The van der Waals surface area contributed by atoms with Gasteiger partial charge in [-0.15, -0.1) is 0 Å². The lowest BCUT2D eigenvalue weighted by molar-refractivity contribution is -0.122. The molecule has 0 saturated carbocycles. The second-order valence-corrected chi connectivity index (χ2v) is 6.47. The summed E-state index contributed by atoms with van der Waals surface area (Å²) in [6.45, 7) is 5.17. The molecular formula is C19H23N3O3. The Hall–Kier alpha value is -2.47. The zero-order valence-corrected chi connectivity index (χ0v) is 14.6. The van der Waals surface area contributed by atoms with E-state index < -0.39 is 0 Å². The first-order chi connectivity index (χ1) is 12.0. The molecule has 0 spiro atoms. The Kier molecular flexibility index (Phi) is 5.28. The van der Waals surface area contributed by atoms with Gasteiger partial charge in [-0.25, -0.2) is 4.68 Å². The third kappa shape index (κ3) is 4.33. The zero-order valence-electron chi connectivity index (χ0n) is 14.6. The number of hydrogen-bond donors (Lipinski definition) is 1. The van der Waals surface area contributed by atoms with Gasteiger partial charge in [-0.05, 0) is 38.3 Å². The number of rotatable bonds is 5. The first kappa shape index (κ1) is 17.4. The van der Waals surface area contributed by atoms with Crippen LogP contribution < -0.4 is 10.9 Å². The van der Waals surface area contributed by atoms with Crippen LogP contribution in [0.5, 0.6) is 0 Å². The molecule has 0 aliphatic carbocycles. The highest BCUT2D eigenvalue weighted by molar-refractivity contribution is 5.75. The predicted octanol–water partition coefficient (Wildman–Crippen LogP) is 1.82. The molecule has 1 atom stereocenters. The molecule has 25 heavy (non-hydrogen) atoms. The van der Waals surface area contributed by atoms with Crippen molar-refractivity contribution in [2.75, 3.05) is 13.2 Å². The molecule has 1 fully saturated rings. The number of nitrogens with one attached hydrogen (secondary N) is 1. The maximum Gasteiger partial charge on any atom is 0.267 e. The number of amides is 1. The van der Waals surface area contributed by atoms with Gasteiger partial charge in [0.05, 0.1) is 11.8 Å². The largest absolute Gasteiger partial charge is 0.376 e. The van der Waals surface area contributed by atoms with E-state index in [0.717, 1.165) is 30.6 Å². The van der Waals surface area contributed by atoms with Gasteiger partial charge in [-0.2, -0.15) is 5.10 Å². The summed E-state index contributed by atoms with van der Waals surface area (Å²) in [5.74, 6) is -0.233. The summed E-state index contributed by atoms with van der Waals surface area (Å²) in [7, 11) is 0. The molecular weight excluding hydrogens is 318 g/mol. The second kappa shape index (κ2) is 7.61. The molecule has 1 aliphatic heterocycles. The summed E-state index contributed by atoms with van der Waals surface area (Å²) in [5.41, 5.74) is 3.60. The number of benzene rings is 1. The van der Waals surface area contributed by atoms with Crippen LogP contribution in [0, 0.1) is 13.8 Å². The van der Waals surface area contributed by atoms with E-state index in [2.05, 4.69) is 16.5 Å². The van der Waals surface area contributed by atoms with Crippen molar-refractivity contribution in [1.82, 2.24) is 15.1 Å². The normalized spacial score (nSPS) is 16.8. The summed E-state index contributed by atoms with van der Waals surface area (Å²) < 4.78 is 6.69. The Morgan fingerprint density at radius 1 is 1.32 bits per heavy atom. The summed E-state index contributed by atoms with van der Waals surface area (Å²) in [6.07, 6.45) is 2.07. The predicted molar refractivity (Wildman–Crippen MR) is 95.4 cm³/mol. The van der Waals surface area contributed by atoms with E-state index in [1.54, 1.807) is 6.07 Å². The molecule has 1 amide bonds. The Labute approximate surface area is 146 Å². The van der Waals surface area contributed by atoms with Crippen LogP contribution in [0.25, 0.3) is 11.3 Å². The van der Waals surface area contributed by atoms with Crippen molar-refractivity contribution in [3.05, 3.63) is 51.8 Å². The molecule has 2 aromatic rings. The average molecular weight is 341 g/mol. The van der Waals surface area contributed by atoms with Crippen LogP contribution in [-0.2, 0) is 16.1 Å². The smallest absolute Gasteiger partial charge is 0.267 e. The van der Waals surface area contributed by atoms with Gasteiger partial charge in [0.1, 0.15) is 6.54 Å². The molecule has 1 saturated heterocycles. The van der Waals surface area contributed by atoms with Crippen LogP contribution in [0.3, 0.4) is 0 Å². The van der Waals surface area contributed by atoms with Crippen LogP contribution in [0.15, 0.2) is 35.1 Å². The SMILES string of the molecule is Cc1ccc(-c2ccc(=O)n(CC(=O)NC[C@H]3CCCO3)n2)c(C)c1. The molecule has 6 nitrogen and oxygen atoms in total. The Bertz CT molecular complexity index is 823. The number of hydrogen-bond acceptors (Lipinski definition) is 4. The maximum absolute atomic E-state index is 12.1. The van der Waals surface area contributed by atoms with Gasteiger partial charge in [-0.1, -0.05) is 23.8 Å². The van der Waals surface area contributed by atoms with Crippen molar-refractivity contribution in [2.24, 2.45) is 0 Å². The van der Waals surface area contributed by atoms with Gasteiger partial charge in [-0.3, -0.25) is 9.59 Å². The third-order valence-electron chi connectivity index (χ3n) is 4.37. The van der Waals surface area contributed by atoms with Crippen molar-refractivity contribution in [2.45, 2.75) is 39.3 Å². The van der Waals surface area contributed by atoms with Crippen LogP contribution in [0.1, 0.15) is 24.0 Å². The summed E-state index contributed by atoms with van der Waals surface area (Å²) in [6, 6.07) is 9.21. The average Bonchev–Trinajstić information content (AvgIpc) is 3.09. The monoisotopic (exact) mass is 341 g/mol. The minimum absolute atomic E-state index is 0.0789. The second-order valence-electron chi connectivity index (χ2n) is 6.47. The molecule has 0 unspecified atom stereocenters. The number of aryl methyl sites for hydroxylation is 2. The van der Waals surface area contributed by atoms with Crippen LogP contribution in [0.2, 0.25) is 0 Å². The lowest BCUT2D eigenvalue weighted by atomic mass is 10.0. The molecule has 2 heterocycles. The summed E-state index contributed by atoms with van der Waals surface area (Å²) in [5, 5.41) is 7.18. The first-order valence-corrected chi connectivity index (χ1v) is 8.57. The van der Waals surface area contributed by atoms with Crippen molar-refractivity contribution >= 4 is 5.91 Å². The minimum Gasteiger partial charge on any atom is -0.376 e. The fraction of sp³-hybridized carbons (Fsp3) is 0.421. The van der Waals surface area contributed by atoms with E-state index >= 15 is 0 Å². The minimum atomic E-state index is -0.291. The number of carbonyl (C=O) groups excluding carboxylic acids is 1. The molecule has 1 aromatic carbocycles. The van der Waals surface area contributed by atoms with Gasteiger partial charge in [0.2, 0.25) is 5.91 Å². The van der Waals surface area contributed by atoms with E-state index in [9.17, 15) is 9.59 Å². The van der Waals surface area contributed by atoms with E-state index in [4.69, 9.17) is 4.74 Å². The molecule has 1 N–H and O–H groups in total. The molecule has 0 radical (unpaired) electrons. The number of ether oxygens (including phenoxy) is 1. The number of carbonyl (C=O) groups is 1. The fourth-order valence-corrected chi connectivity index (χ4v) is 3.03. The lowest BCUT2D eigenvalue weighted by Gasteiger charge is -2.12. The van der Waals surface area contributed by atoms with Crippen molar-refractivity contribution in [3.8, 4) is 11.3 Å². The van der Waals surface area contributed by atoms with E-state index in [1.165, 1.54) is 16.3 Å². The molecule has 132 valence electrons. The van der Waals surface area contributed by atoms with Gasteiger partial charge in [0.15, 0.2) is 0 Å². The highest BCUT2D eigenvalue weighted by Crippen LogP contribution is 2.21. The highest BCUT2D eigenvalue weighted by atomic mass is 16.5. The van der Waals surface area contributed by atoms with Crippen LogP contribution in [-0.4, -0.2) is 34.9 Å². The summed E-state index contributed by atoms with van der Waals surface area (Å²) >= 11 is 0. The highest BCUT2D eigenvalue weighted by Gasteiger charge is 2.16. The van der Waals surface area contributed by atoms with Crippen LogP contribution in [0.4, 0.5) is 0 Å². The van der Waals surface area contributed by atoms with Gasteiger partial charge in [0.25, 0.3) is 5.56 Å². The third-order valence-corrected chi connectivity index (χ3v) is 4.37. The number of aromatic nitrogens is 2. The maximum atomic E-state index is 12.1. The van der Waals surface area contributed by atoms with Crippen molar-refractivity contribution in [3.63, 3.8) is 0 Å². The lowest BCUT2D eigenvalue weighted by Crippen LogP contribution is -2.37. The Morgan fingerprint density at radius 2 is 2.16 bits per heavy atom. The van der Waals surface area contributed by atoms with Gasteiger partial charge in [0, 0.05) is 24.8 Å². The van der Waals surface area contributed by atoms with E-state index in [0.29, 0.717) is 12.2 Å².